The van der Waals surface area contributed by atoms with Gasteiger partial charge in [0, 0.05) is 49.7 Å². The zero-order valence-corrected chi connectivity index (χ0v) is 29.1. The summed E-state index contributed by atoms with van der Waals surface area (Å²) in [4.78, 5) is 77.4. The van der Waals surface area contributed by atoms with Crippen molar-refractivity contribution in [1.29, 1.82) is 0 Å². The molecule has 0 unspecified atom stereocenters. The summed E-state index contributed by atoms with van der Waals surface area (Å²) in [6.45, 7) is 0. The number of para-hydroxylation sites is 3. The van der Waals surface area contributed by atoms with Gasteiger partial charge in [0.05, 0.1) is 28.1 Å². The van der Waals surface area contributed by atoms with Crippen LogP contribution in [0.15, 0.2) is 140 Å². The van der Waals surface area contributed by atoms with E-state index in [1.165, 1.54) is 30.3 Å². The topological polar surface area (TPSA) is 130 Å². The Morgan fingerprint density at radius 3 is 1.66 bits per heavy atom. The number of aromatic nitrogens is 2. The van der Waals surface area contributed by atoms with E-state index in [1.54, 1.807) is 47.0 Å². The number of anilines is 2. The first-order chi connectivity index (χ1) is 27.3. The molecular formula is C46H24N4O6. The van der Waals surface area contributed by atoms with Gasteiger partial charge in [-0.15, -0.1) is 0 Å². The van der Waals surface area contributed by atoms with Gasteiger partial charge in [-0.2, -0.15) is 0 Å². The second kappa shape index (κ2) is 11.3. The number of carbonyl (C=O) groups is 5. The Morgan fingerprint density at radius 1 is 0.446 bits per heavy atom. The van der Waals surface area contributed by atoms with Crippen LogP contribution in [0.4, 0.5) is 11.4 Å². The van der Waals surface area contributed by atoms with Crippen LogP contribution in [0.2, 0.25) is 0 Å². The van der Waals surface area contributed by atoms with Crippen molar-refractivity contribution in [3.63, 3.8) is 0 Å². The fourth-order valence-electron chi connectivity index (χ4n) is 8.41. The van der Waals surface area contributed by atoms with E-state index in [0.29, 0.717) is 33.7 Å². The van der Waals surface area contributed by atoms with Crippen LogP contribution in [0, 0.1) is 0 Å². The minimum atomic E-state index is -0.726. The number of rotatable bonds is 4. The maximum Gasteiger partial charge on any atom is 0.266 e. The number of phenolic OH excluding ortho intramolecular Hbond substituents is 1. The number of nitrogens with zero attached hydrogens (tertiary/aromatic N) is 4. The molecule has 10 heteroatoms. The summed E-state index contributed by atoms with van der Waals surface area (Å²) in [6.07, 6.45) is 0. The number of aromatic hydroxyl groups is 1. The predicted octanol–water partition coefficient (Wildman–Crippen LogP) is 8.36. The fraction of sp³-hybridized carbons (Fsp3) is 0. The molecule has 1 N–H and O–H groups in total. The zero-order chi connectivity index (χ0) is 38.0. The number of ketones is 1. The quantitative estimate of drug-likeness (QED) is 0.180. The number of phenols is 1. The number of amides is 4. The van der Waals surface area contributed by atoms with Crippen LogP contribution < -0.4 is 9.80 Å². The van der Waals surface area contributed by atoms with E-state index in [4.69, 9.17) is 4.98 Å². The highest BCUT2D eigenvalue weighted by Crippen LogP contribution is 2.45. The molecule has 3 aliphatic rings. The molecule has 1 aromatic heterocycles. The Labute approximate surface area is 317 Å². The van der Waals surface area contributed by atoms with E-state index in [0.717, 1.165) is 26.5 Å². The molecule has 0 fully saturated rings. The maximum atomic E-state index is 14.4. The van der Waals surface area contributed by atoms with Gasteiger partial charge in [0.2, 0.25) is 0 Å². The van der Waals surface area contributed by atoms with Crippen molar-refractivity contribution in [2.45, 2.75) is 0 Å². The molecule has 7 aromatic carbocycles. The van der Waals surface area contributed by atoms with Gasteiger partial charge in [-0.25, -0.2) is 14.8 Å². The summed E-state index contributed by atoms with van der Waals surface area (Å²) in [5.41, 5.74) is 5.60. The highest BCUT2D eigenvalue weighted by atomic mass is 16.3. The molecule has 0 saturated heterocycles. The summed E-state index contributed by atoms with van der Waals surface area (Å²) < 4.78 is 1.79. The Kier molecular flexibility index (Phi) is 6.34. The number of hydrogen-bond donors (Lipinski definition) is 1. The van der Waals surface area contributed by atoms with Crippen LogP contribution in [0.5, 0.6) is 5.75 Å². The lowest BCUT2D eigenvalue weighted by Gasteiger charge is -2.32. The van der Waals surface area contributed by atoms with E-state index < -0.39 is 23.6 Å². The van der Waals surface area contributed by atoms with Crippen molar-refractivity contribution in [3.05, 3.63) is 173 Å². The molecule has 1 aliphatic carbocycles. The molecule has 264 valence electrons. The SMILES string of the molecule is O=C1c2ccccc2-c2ccc(N3C(=O)c4ccc5c6c(ccc(c46)C3=O)C(=O)N(c3cccc(-n4c(-c6ccccc6)nc6ccccc64)c3O)C5=O)cc21. The monoisotopic (exact) mass is 728 g/mol. The van der Waals surface area contributed by atoms with Crippen LogP contribution in [0.25, 0.3) is 50.0 Å². The van der Waals surface area contributed by atoms with Gasteiger partial charge >= 0.3 is 0 Å². The minimum absolute atomic E-state index is 0.0417. The molecule has 0 bridgehead atoms. The number of imide groups is 2. The van der Waals surface area contributed by atoms with Crippen molar-refractivity contribution < 1.29 is 29.1 Å². The van der Waals surface area contributed by atoms with Crippen LogP contribution in [0.1, 0.15) is 57.4 Å². The molecule has 4 amide bonds. The Balaban J connectivity index is 1.01. The van der Waals surface area contributed by atoms with Gasteiger partial charge in [-0.1, -0.05) is 78.9 Å². The lowest BCUT2D eigenvalue weighted by atomic mass is 9.85. The van der Waals surface area contributed by atoms with Gasteiger partial charge < -0.3 is 5.11 Å². The Morgan fingerprint density at radius 2 is 0.982 bits per heavy atom. The highest BCUT2D eigenvalue weighted by Gasteiger charge is 2.42. The standard InChI is InChI=1S/C46H24N4O6/c51-40-28-12-5-4-11-26(28)27-18-17-25(23-33(27)40)48-43(53)29-19-21-31-39-32(22-20-30(38(29)39)44(48)54)46(56)50(45(31)55)37-16-8-15-36(41(37)52)49-35-14-7-6-13-34(35)47-42(49)24-9-2-1-3-10-24/h1-23,52H. The number of hydrogen-bond acceptors (Lipinski definition) is 7. The third-order valence-corrected chi connectivity index (χ3v) is 10.9. The molecule has 2 aliphatic heterocycles. The lowest BCUT2D eigenvalue weighted by Crippen LogP contribution is -2.43. The smallest absolute Gasteiger partial charge is 0.266 e. The van der Waals surface area contributed by atoms with E-state index in [1.807, 2.05) is 66.7 Å². The third kappa shape index (κ3) is 4.09. The van der Waals surface area contributed by atoms with Crippen LogP contribution in [-0.4, -0.2) is 44.1 Å². The molecule has 3 heterocycles. The molecule has 11 rings (SSSR count). The molecule has 10 nitrogen and oxygen atoms in total. The van der Waals surface area contributed by atoms with Crippen molar-refractivity contribution in [2.75, 3.05) is 9.80 Å². The van der Waals surface area contributed by atoms with Crippen LogP contribution in [0.3, 0.4) is 0 Å². The van der Waals surface area contributed by atoms with Gasteiger partial charge in [0.25, 0.3) is 23.6 Å². The normalized spacial score (nSPS) is 14.2. The molecule has 0 saturated carbocycles. The van der Waals surface area contributed by atoms with E-state index in [2.05, 4.69) is 0 Å². The first-order valence-electron chi connectivity index (χ1n) is 17.8. The molecule has 0 spiro atoms. The number of benzene rings is 7. The molecule has 0 atom stereocenters. The average Bonchev–Trinajstić information content (AvgIpc) is 3.75. The van der Waals surface area contributed by atoms with E-state index >= 15 is 0 Å². The predicted molar refractivity (Wildman–Crippen MR) is 210 cm³/mol. The van der Waals surface area contributed by atoms with Crippen molar-refractivity contribution in [3.8, 4) is 34.0 Å². The lowest BCUT2D eigenvalue weighted by molar-refractivity contribution is 0.0872. The molecule has 8 aromatic rings. The fourth-order valence-corrected chi connectivity index (χ4v) is 8.41. The molecule has 0 radical (unpaired) electrons. The first kappa shape index (κ1) is 31.5. The summed E-state index contributed by atoms with van der Waals surface area (Å²) in [5, 5.41) is 12.4. The van der Waals surface area contributed by atoms with Crippen LogP contribution in [-0.2, 0) is 0 Å². The molecule has 56 heavy (non-hydrogen) atoms. The summed E-state index contributed by atoms with van der Waals surface area (Å²) >= 11 is 0. The summed E-state index contributed by atoms with van der Waals surface area (Å²) in [6, 6.07) is 39.9. The summed E-state index contributed by atoms with van der Waals surface area (Å²) in [7, 11) is 0. The van der Waals surface area contributed by atoms with E-state index in [-0.39, 0.29) is 55.9 Å². The van der Waals surface area contributed by atoms with Crippen LogP contribution >= 0.6 is 0 Å². The van der Waals surface area contributed by atoms with Crippen molar-refractivity contribution in [2.24, 2.45) is 0 Å². The Hall–Kier alpha value is -7.98. The maximum absolute atomic E-state index is 14.4. The van der Waals surface area contributed by atoms with Gasteiger partial charge in [-0.05, 0) is 71.8 Å². The van der Waals surface area contributed by atoms with Gasteiger partial charge in [0.1, 0.15) is 5.82 Å². The zero-order valence-electron chi connectivity index (χ0n) is 29.1. The summed E-state index contributed by atoms with van der Waals surface area (Å²) in [5.74, 6) is -2.71. The minimum Gasteiger partial charge on any atom is -0.504 e. The van der Waals surface area contributed by atoms with Crippen molar-refractivity contribution >= 4 is 62.6 Å². The highest BCUT2D eigenvalue weighted by molar-refractivity contribution is 6.42. The molecular weight excluding hydrogens is 705 g/mol. The number of imidazole rings is 1. The first-order valence-corrected chi connectivity index (χ1v) is 17.8. The van der Waals surface area contributed by atoms with Gasteiger partial charge in [0.15, 0.2) is 11.5 Å². The van der Waals surface area contributed by atoms with E-state index in [9.17, 15) is 29.1 Å². The second-order valence-corrected chi connectivity index (χ2v) is 13.8. The average molecular weight is 729 g/mol. The van der Waals surface area contributed by atoms with Gasteiger partial charge in [-0.3, -0.25) is 28.5 Å². The largest absolute Gasteiger partial charge is 0.504 e. The Bertz CT molecular complexity index is 3090. The van der Waals surface area contributed by atoms with Crippen molar-refractivity contribution in [1.82, 2.24) is 9.55 Å². The third-order valence-electron chi connectivity index (χ3n) is 10.9. The second-order valence-electron chi connectivity index (χ2n) is 13.8. The number of carbonyl (C=O) groups excluding carboxylic acids is 5. The number of fused-ring (bicyclic) bond motifs is 4.